The molecular formula is C13H19Cl3N2O. The maximum absolute atomic E-state index is 11.5. The van der Waals surface area contributed by atoms with E-state index in [1.165, 1.54) is 0 Å². The fourth-order valence-corrected chi connectivity index (χ4v) is 2.20. The Kier molecular flexibility index (Phi) is 10.1. The molecule has 0 saturated carbocycles. The van der Waals surface area contributed by atoms with Gasteiger partial charge < -0.3 is 10.6 Å². The number of nitrogens with one attached hydrogen (secondary N) is 2. The van der Waals surface area contributed by atoms with Gasteiger partial charge in [0.05, 0.1) is 0 Å². The van der Waals surface area contributed by atoms with Crippen molar-refractivity contribution in [3.63, 3.8) is 0 Å². The quantitative estimate of drug-likeness (QED) is 0.757. The molecule has 0 unspecified atom stereocenters. The van der Waals surface area contributed by atoms with Crippen molar-refractivity contribution in [1.82, 2.24) is 10.6 Å². The number of hydrogen-bond donors (Lipinski definition) is 2. The molecule has 1 amide bonds. The molecule has 0 aliphatic rings. The molecule has 0 spiro atoms. The van der Waals surface area contributed by atoms with Crippen LogP contribution in [-0.4, -0.2) is 26.0 Å². The minimum atomic E-state index is 0. The van der Waals surface area contributed by atoms with Crippen molar-refractivity contribution in [2.75, 3.05) is 20.1 Å². The summed E-state index contributed by atoms with van der Waals surface area (Å²) in [6.45, 7) is 1.41. The van der Waals surface area contributed by atoms with Crippen molar-refractivity contribution < 1.29 is 4.79 Å². The first kappa shape index (κ1) is 18.5. The lowest BCUT2D eigenvalue weighted by Crippen LogP contribution is -2.26. The molecule has 19 heavy (non-hydrogen) atoms. The maximum Gasteiger partial charge on any atom is 0.220 e. The molecule has 6 heteroatoms. The lowest BCUT2D eigenvalue weighted by atomic mass is 10.1. The summed E-state index contributed by atoms with van der Waals surface area (Å²) < 4.78 is 0. The first-order valence-corrected chi connectivity index (χ1v) is 6.75. The molecule has 0 radical (unpaired) electrons. The molecule has 0 heterocycles. The molecule has 0 bridgehead atoms. The van der Waals surface area contributed by atoms with E-state index in [0.717, 1.165) is 18.5 Å². The SMILES string of the molecule is CNCCCC(=O)NCCc1c(Cl)cccc1Cl.Cl. The molecule has 0 aliphatic heterocycles. The van der Waals surface area contributed by atoms with Gasteiger partial charge in [-0.1, -0.05) is 29.3 Å². The summed E-state index contributed by atoms with van der Waals surface area (Å²) in [7, 11) is 1.87. The van der Waals surface area contributed by atoms with Crippen LogP contribution in [0.2, 0.25) is 10.0 Å². The van der Waals surface area contributed by atoms with Gasteiger partial charge in [-0.05, 0) is 44.1 Å². The zero-order chi connectivity index (χ0) is 13.4. The van der Waals surface area contributed by atoms with E-state index in [0.29, 0.717) is 29.4 Å². The van der Waals surface area contributed by atoms with Crippen molar-refractivity contribution in [1.29, 1.82) is 0 Å². The van der Waals surface area contributed by atoms with Gasteiger partial charge >= 0.3 is 0 Å². The summed E-state index contributed by atoms with van der Waals surface area (Å²) in [5.41, 5.74) is 0.886. The lowest BCUT2D eigenvalue weighted by molar-refractivity contribution is -0.121. The lowest BCUT2D eigenvalue weighted by Gasteiger charge is -2.08. The van der Waals surface area contributed by atoms with Crippen LogP contribution in [0.4, 0.5) is 0 Å². The van der Waals surface area contributed by atoms with E-state index >= 15 is 0 Å². The number of amides is 1. The highest BCUT2D eigenvalue weighted by atomic mass is 35.5. The number of halogens is 3. The monoisotopic (exact) mass is 324 g/mol. The molecule has 0 atom stereocenters. The van der Waals surface area contributed by atoms with Crippen LogP contribution >= 0.6 is 35.6 Å². The van der Waals surface area contributed by atoms with E-state index in [4.69, 9.17) is 23.2 Å². The Morgan fingerprint density at radius 1 is 1.21 bits per heavy atom. The van der Waals surface area contributed by atoms with E-state index < -0.39 is 0 Å². The molecule has 0 saturated heterocycles. The Bertz CT molecular complexity index is 379. The van der Waals surface area contributed by atoms with E-state index in [-0.39, 0.29) is 18.3 Å². The first-order valence-electron chi connectivity index (χ1n) is 5.99. The highest BCUT2D eigenvalue weighted by molar-refractivity contribution is 6.35. The summed E-state index contributed by atoms with van der Waals surface area (Å²) in [5.74, 6) is 0.0634. The van der Waals surface area contributed by atoms with E-state index in [1.54, 1.807) is 12.1 Å². The largest absolute Gasteiger partial charge is 0.356 e. The van der Waals surface area contributed by atoms with Gasteiger partial charge in [0.25, 0.3) is 0 Å². The van der Waals surface area contributed by atoms with Crippen molar-refractivity contribution >= 4 is 41.5 Å². The number of rotatable bonds is 7. The maximum atomic E-state index is 11.5. The van der Waals surface area contributed by atoms with E-state index in [2.05, 4.69) is 10.6 Å². The van der Waals surface area contributed by atoms with Gasteiger partial charge in [0.2, 0.25) is 5.91 Å². The van der Waals surface area contributed by atoms with Crippen LogP contribution in [0, 0.1) is 0 Å². The molecular weight excluding hydrogens is 307 g/mol. The number of carbonyl (C=O) groups excluding carboxylic acids is 1. The second-order valence-electron chi connectivity index (χ2n) is 4.01. The molecule has 1 aromatic rings. The Hall–Kier alpha value is -0.480. The molecule has 0 fully saturated rings. The Labute approximate surface area is 130 Å². The highest BCUT2D eigenvalue weighted by Crippen LogP contribution is 2.24. The van der Waals surface area contributed by atoms with Crippen LogP contribution in [0.1, 0.15) is 18.4 Å². The summed E-state index contributed by atoms with van der Waals surface area (Å²) >= 11 is 12.1. The fraction of sp³-hybridized carbons (Fsp3) is 0.462. The smallest absolute Gasteiger partial charge is 0.220 e. The Morgan fingerprint density at radius 3 is 2.42 bits per heavy atom. The summed E-state index contributed by atoms with van der Waals surface area (Å²) in [6.07, 6.45) is 2.03. The zero-order valence-corrected chi connectivity index (χ0v) is 13.2. The predicted molar refractivity (Wildman–Crippen MR) is 83.6 cm³/mol. The third kappa shape index (κ3) is 7.02. The molecule has 108 valence electrons. The normalized spacial score (nSPS) is 9.84. The van der Waals surface area contributed by atoms with Gasteiger partial charge in [-0.2, -0.15) is 0 Å². The van der Waals surface area contributed by atoms with Crippen LogP contribution in [0.5, 0.6) is 0 Å². The van der Waals surface area contributed by atoms with E-state index in [1.807, 2.05) is 13.1 Å². The molecule has 0 aliphatic carbocycles. The van der Waals surface area contributed by atoms with Crippen LogP contribution in [-0.2, 0) is 11.2 Å². The van der Waals surface area contributed by atoms with Gasteiger partial charge in [-0.15, -0.1) is 12.4 Å². The first-order chi connectivity index (χ1) is 8.65. The summed E-state index contributed by atoms with van der Waals surface area (Å²) in [4.78, 5) is 11.5. The van der Waals surface area contributed by atoms with Gasteiger partial charge in [-0.3, -0.25) is 4.79 Å². The molecule has 3 nitrogen and oxygen atoms in total. The molecule has 1 aromatic carbocycles. The summed E-state index contributed by atoms with van der Waals surface area (Å²) in [6, 6.07) is 5.42. The molecule has 0 aromatic heterocycles. The topological polar surface area (TPSA) is 41.1 Å². The average molecular weight is 326 g/mol. The third-order valence-corrected chi connectivity index (χ3v) is 3.30. The highest BCUT2D eigenvalue weighted by Gasteiger charge is 2.06. The Balaban J connectivity index is 0.00000324. The average Bonchev–Trinajstić information content (AvgIpc) is 2.33. The van der Waals surface area contributed by atoms with Crippen molar-refractivity contribution in [2.45, 2.75) is 19.3 Å². The number of benzene rings is 1. The second kappa shape index (κ2) is 10.3. The number of carbonyl (C=O) groups is 1. The van der Waals surface area contributed by atoms with Crippen LogP contribution in [0.25, 0.3) is 0 Å². The summed E-state index contributed by atoms with van der Waals surface area (Å²) in [5, 5.41) is 7.16. The minimum Gasteiger partial charge on any atom is -0.356 e. The predicted octanol–water partition coefficient (Wildman–Crippen LogP) is 3.07. The molecule has 2 N–H and O–H groups in total. The Morgan fingerprint density at radius 2 is 1.84 bits per heavy atom. The number of hydrogen-bond acceptors (Lipinski definition) is 2. The molecule has 1 rings (SSSR count). The fourth-order valence-electron chi connectivity index (χ4n) is 1.61. The van der Waals surface area contributed by atoms with Crippen LogP contribution < -0.4 is 10.6 Å². The van der Waals surface area contributed by atoms with Gasteiger partial charge in [-0.25, -0.2) is 0 Å². The van der Waals surface area contributed by atoms with Gasteiger partial charge in [0, 0.05) is 23.0 Å². The van der Waals surface area contributed by atoms with Crippen LogP contribution in [0.3, 0.4) is 0 Å². The van der Waals surface area contributed by atoms with Crippen molar-refractivity contribution in [3.05, 3.63) is 33.8 Å². The van der Waals surface area contributed by atoms with Gasteiger partial charge in [0.1, 0.15) is 0 Å². The third-order valence-electron chi connectivity index (χ3n) is 2.59. The van der Waals surface area contributed by atoms with Gasteiger partial charge in [0.15, 0.2) is 0 Å². The van der Waals surface area contributed by atoms with Crippen molar-refractivity contribution in [3.8, 4) is 0 Å². The van der Waals surface area contributed by atoms with E-state index in [9.17, 15) is 4.79 Å². The standard InChI is InChI=1S/C13H18Cl2N2O.ClH/c1-16-8-3-6-13(18)17-9-7-10-11(14)4-2-5-12(10)15;/h2,4-5,16H,3,6-9H2,1H3,(H,17,18);1H. The van der Waals surface area contributed by atoms with Crippen LogP contribution in [0.15, 0.2) is 18.2 Å². The zero-order valence-electron chi connectivity index (χ0n) is 10.8. The second-order valence-corrected chi connectivity index (χ2v) is 4.82. The minimum absolute atomic E-state index is 0. The van der Waals surface area contributed by atoms with Crippen molar-refractivity contribution in [2.24, 2.45) is 0 Å².